The first-order chi connectivity index (χ1) is 11.7. The van der Waals surface area contributed by atoms with Crippen LogP contribution < -0.4 is 0 Å². The van der Waals surface area contributed by atoms with Crippen LogP contribution in [0.1, 0.15) is 17.9 Å². The van der Waals surface area contributed by atoms with Crippen LogP contribution in [0, 0.1) is 0 Å². The number of ether oxygens (including phenoxy) is 1. The van der Waals surface area contributed by atoms with E-state index in [2.05, 4.69) is 4.74 Å². The lowest BCUT2D eigenvalue weighted by molar-refractivity contribution is -0.159. The molecule has 5 nitrogen and oxygen atoms in total. The number of amides is 2. The zero-order valence-electron chi connectivity index (χ0n) is 13.1. The van der Waals surface area contributed by atoms with Crippen molar-refractivity contribution in [1.29, 1.82) is 0 Å². The summed E-state index contributed by atoms with van der Waals surface area (Å²) < 4.78 is 47.1. The molecule has 1 aliphatic rings. The molecule has 9 heteroatoms. The first-order valence-corrected chi connectivity index (χ1v) is 7.84. The Morgan fingerprint density at radius 3 is 2.72 bits per heavy atom. The monoisotopic (exact) mass is 374 g/mol. The predicted molar refractivity (Wildman–Crippen MR) is 84.4 cm³/mol. The fraction of sp³-hybridized carbons (Fsp3) is 0.375. The van der Waals surface area contributed by atoms with Crippen LogP contribution in [0.25, 0.3) is 10.9 Å². The number of aryl methyl sites for hydroxylation is 1. The third-order valence-corrected chi connectivity index (χ3v) is 4.43. The highest BCUT2D eigenvalue weighted by atomic mass is 35.5. The summed E-state index contributed by atoms with van der Waals surface area (Å²) in [6.45, 7) is -0.0469. The van der Waals surface area contributed by atoms with Gasteiger partial charge in [0.15, 0.2) is 0 Å². The van der Waals surface area contributed by atoms with Crippen molar-refractivity contribution in [3.63, 3.8) is 0 Å². The van der Waals surface area contributed by atoms with Gasteiger partial charge in [0.1, 0.15) is 6.61 Å². The van der Waals surface area contributed by atoms with Gasteiger partial charge in [-0.3, -0.25) is 4.79 Å². The van der Waals surface area contributed by atoms with Gasteiger partial charge in [0.05, 0.1) is 12.5 Å². The third kappa shape index (κ3) is 3.30. The van der Waals surface area contributed by atoms with E-state index in [1.54, 1.807) is 23.7 Å². The van der Waals surface area contributed by atoms with Crippen LogP contribution in [0.15, 0.2) is 24.4 Å². The Morgan fingerprint density at radius 2 is 2.12 bits per heavy atom. The summed E-state index contributed by atoms with van der Waals surface area (Å²) in [6.07, 6.45) is -5.10. The van der Waals surface area contributed by atoms with Gasteiger partial charge in [0.2, 0.25) is 5.91 Å². The van der Waals surface area contributed by atoms with Crippen molar-refractivity contribution >= 4 is 34.5 Å². The molecule has 2 aromatic rings. The second kappa shape index (κ2) is 6.25. The third-order valence-electron chi connectivity index (χ3n) is 4.19. The van der Waals surface area contributed by atoms with Crippen LogP contribution in [0.4, 0.5) is 18.0 Å². The first kappa shape index (κ1) is 17.6. The standard InChI is InChI=1S/C16H14ClF3N2O3/c1-21-8-11(10-6-9(17)2-3-13(10)21)12(16(18,19)20)7-14(23)22-4-5-25-15(22)24/h2-3,6,8,12H,4-5,7H2,1H3/t12-/m0/s1. The second-order valence-corrected chi connectivity index (χ2v) is 6.25. The minimum absolute atomic E-state index is 0.00880. The molecule has 1 atom stereocenters. The van der Waals surface area contributed by atoms with E-state index in [0.717, 1.165) is 0 Å². The fourth-order valence-electron chi connectivity index (χ4n) is 2.98. The molecular weight excluding hydrogens is 361 g/mol. The molecule has 1 aromatic carbocycles. The summed E-state index contributed by atoms with van der Waals surface area (Å²) in [5.41, 5.74) is 0.523. The maximum Gasteiger partial charge on any atom is 0.416 e. The van der Waals surface area contributed by atoms with E-state index in [0.29, 0.717) is 20.8 Å². The van der Waals surface area contributed by atoms with E-state index in [9.17, 15) is 22.8 Å². The number of aromatic nitrogens is 1. The van der Waals surface area contributed by atoms with E-state index in [-0.39, 0.29) is 18.7 Å². The van der Waals surface area contributed by atoms with Gasteiger partial charge in [0.25, 0.3) is 0 Å². The Balaban J connectivity index is 2.01. The van der Waals surface area contributed by atoms with Crippen LogP contribution in [-0.2, 0) is 16.6 Å². The number of carbonyl (C=O) groups is 2. The Hall–Kier alpha value is -2.22. The van der Waals surface area contributed by atoms with Crippen LogP contribution in [0.2, 0.25) is 5.02 Å². The van der Waals surface area contributed by atoms with Crippen molar-refractivity contribution in [2.45, 2.75) is 18.5 Å². The summed E-state index contributed by atoms with van der Waals surface area (Å²) in [5.74, 6) is -2.96. The van der Waals surface area contributed by atoms with Crippen LogP contribution in [-0.4, -0.2) is 40.8 Å². The Bertz CT molecular complexity index is 847. The molecule has 2 heterocycles. The highest BCUT2D eigenvalue weighted by molar-refractivity contribution is 6.31. The molecule has 0 unspecified atom stereocenters. The van der Waals surface area contributed by atoms with Crippen molar-refractivity contribution in [1.82, 2.24) is 9.47 Å². The lowest BCUT2D eigenvalue weighted by Crippen LogP contribution is -2.35. The summed E-state index contributed by atoms with van der Waals surface area (Å²) in [6, 6.07) is 4.65. The van der Waals surface area contributed by atoms with Gasteiger partial charge < -0.3 is 9.30 Å². The largest absolute Gasteiger partial charge is 0.447 e. The van der Waals surface area contributed by atoms with Gasteiger partial charge in [-0.1, -0.05) is 11.6 Å². The average Bonchev–Trinajstić information content (AvgIpc) is 3.07. The summed E-state index contributed by atoms with van der Waals surface area (Å²) in [7, 11) is 1.62. The molecule has 0 spiro atoms. The molecule has 1 saturated heterocycles. The lowest BCUT2D eigenvalue weighted by Gasteiger charge is -2.21. The fourth-order valence-corrected chi connectivity index (χ4v) is 3.15. The minimum atomic E-state index is -4.66. The average molecular weight is 375 g/mol. The molecule has 2 amide bonds. The molecule has 134 valence electrons. The zero-order valence-corrected chi connectivity index (χ0v) is 13.9. The van der Waals surface area contributed by atoms with Gasteiger partial charge in [-0.15, -0.1) is 0 Å². The normalized spacial score (nSPS) is 16.4. The number of cyclic esters (lactones) is 1. The molecule has 0 bridgehead atoms. The number of benzene rings is 1. The molecule has 25 heavy (non-hydrogen) atoms. The number of rotatable bonds is 3. The summed E-state index contributed by atoms with van der Waals surface area (Å²) in [5, 5.41) is 0.629. The van der Waals surface area contributed by atoms with Gasteiger partial charge in [-0.05, 0) is 23.8 Å². The lowest BCUT2D eigenvalue weighted by atomic mass is 9.94. The highest BCUT2D eigenvalue weighted by Crippen LogP contribution is 2.42. The van der Waals surface area contributed by atoms with Crippen LogP contribution in [0.3, 0.4) is 0 Å². The topological polar surface area (TPSA) is 51.5 Å². The predicted octanol–water partition coefficient (Wildman–Crippen LogP) is 3.85. The Morgan fingerprint density at radius 1 is 1.40 bits per heavy atom. The SMILES string of the molecule is Cn1cc([C@H](CC(=O)N2CCOC2=O)C(F)(F)F)c2cc(Cl)ccc21. The molecule has 1 aliphatic heterocycles. The second-order valence-electron chi connectivity index (χ2n) is 5.81. The number of hydrogen-bond donors (Lipinski definition) is 0. The zero-order chi connectivity index (χ0) is 18.4. The minimum Gasteiger partial charge on any atom is -0.447 e. The van der Waals surface area contributed by atoms with Crippen LogP contribution in [0.5, 0.6) is 0 Å². The van der Waals surface area contributed by atoms with Gasteiger partial charge >= 0.3 is 12.3 Å². The quantitative estimate of drug-likeness (QED) is 0.820. The molecule has 0 aliphatic carbocycles. The van der Waals surface area contributed by atoms with E-state index in [4.69, 9.17) is 11.6 Å². The molecule has 0 N–H and O–H groups in total. The molecular formula is C16H14ClF3N2O3. The molecule has 0 radical (unpaired) electrons. The number of halogens is 4. The van der Waals surface area contributed by atoms with E-state index in [1.807, 2.05) is 0 Å². The maximum atomic E-state index is 13.7. The summed E-state index contributed by atoms with van der Waals surface area (Å²) in [4.78, 5) is 24.3. The van der Waals surface area contributed by atoms with Crippen molar-refractivity contribution in [3.05, 3.63) is 35.0 Å². The van der Waals surface area contributed by atoms with Crippen LogP contribution >= 0.6 is 11.6 Å². The van der Waals surface area contributed by atoms with Gasteiger partial charge in [0, 0.05) is 35.6 Å². The van der Waals surface area contributed by atoms with Gasteiger partial charge in [-0.2, -0.15) is 13.2 Å². The number of fused-ring (bicyclic) bond motifs is 1. The molecule has 0 saturated carbocycles. The first-order valence-electron chi connectivity index (χ1n) is 7.47. The van der Waals surface area contributed by atoms with E-state index < -0.39 is 30.5 Å². The number of imide groups is 1. The number of alkyl halides is 3. The number of nitrogens with zero attached hydrogens (tertiary/aromatic N) is 2. The highest BCUT2D eigenvalue weighted by Gasteiger charge is 2.45. The molecule has 3 rings (SSSR count). The maximum absolute atomic E-state index is 13.7. The van der Waals surface area contributed by atoms with Crippen molar-refractivity contribution in [2.75, 3.05) is 13.2 Å². The molecule has 1 aromatic heterocycles. The van der Waals surface area contributed by atoms with Crippen molar-refractivity contribution < 1.29 is 27.5 Å². The van der Waals surface area contributed by atoms with Gasteiger partial charge in [-0.25, -0.2) is 9.69 Å². The Labute approximate surface area is 145 Å². The number of hydrogen-bond acceptors (Lipinski definition) is 3. The van der Waals surface area contributed by atoms with Crippen molar-refractivity contribution in [2.24, 2.45) is 7.05 Å². The van der Waals surface area contributed by atoms with Crippen molar-refractivity contribution in [3.8, 4) is 0 Å². The molecule has 1 fully saturated rings. The van der Waals surface area contributed by atoms with E-state index in [1.165, 1.54) is 12.3 Å². The van der Waals surface area contributed by atoms with E-state index >= 15 is 0 Å². The Kier molecular flexibility index (Phi) is 4.40. The number of carbonyl (C=O) groups excluding carboxylic acids is 2. The summed E-state index contributed by atoms with van der Waals surface area (Å²) >= 11 is 5.92. The smallest absolute Gasteiger partial charge is 0.416 e.